The van der Waals surface area contributed by atoms with Crippen molar-refractivity contribution in [2.75, 3.05) is 0 Å². The predicted octanol–water partition coefficient (Wildman–Crippen LogP) is 4.69. The SMILES string of the molecule is Cc1cc(-c2cccc(C(F)(F)F)c2)c(C)cc1O. The summed E-state index contributed by atoms with van der Waals surface area (Å²) in [5.74, 6) is 0.147. The molecule has 0 amide bonds. The van der Waals surface area contributed by atoms with Gasteiger partial charge >= 0.3 is 6.18 Å². The van der Waals surface area contributed by atoms with Crippen LogP contribution in [0.15, 0.2) is 36.4 Å². The smallest absolute Gasteiger partial charge is 0.416 e. The molecule has 2 rings (SSSR count). The van der Waals surface area contributed by atoms with Crippen LogP contribution in [0.4, 0.5) is 13.2 Å². The van der Waals surface area contributed by atoms with Gasteiger partial charge in [-0.3, -0.25) is 0 Å². The summed E-state index contributed by atoms with van der Waals surface area (Å²) in [4.78, 5) is 0. The molecule has 1 nitrogen and oxygen atoms in total. The van der Waals surface area contributed by atoms with Gasteiger partial charge in [0.1, 0.15) is 5.75 Å². The topological polar surface area (TPSA) is 20.2 Å². The van der Waals surface area contributed by atoms with Crippen LogP contribution in [0, 0.1) is 13.8 Å². The number of rotatable bonds is 1. The second-order valence-corrected chi connectivity index (χ2v) is 4.53. The van der Waals surface area contributed by atoms with Crippen molar-refractivity contribution >= 4 is 0 Å². The third-order valence-electron chi connectivity index (χ3n) is 3.04. The second-order valence-electron chi connectivity index (χ2n) is 4.53. The quantitative estimate of drug-likeness (QED) is 0.793. The maximum Gasteiger partial charge on any atom is 0.416 e. The number of hydrogen-bond donors (Lipinski definition) is 1. The maximum atomic E-state index is 12.7. The van der Waals surface area contributed by atoms with Crippen molar-refractivity contribution in [2.45, 2.75) is 20.0 Å². The third-order valence-corrected chi connectivity index (χ3v) is 3.04. The highest BCUT2D eigenvalue weighted by Gasteiger charge is 2.30. The molecule has 0 saturated carbocycles. The molecule has 2 aromatic carbocycles. The fourth-order valence-corrected chi connectivity index (χ4v) is 1.98. The van der Waals surface area contributed by atoms with E-state index in [9.17, 15) is 18.3 Å². The van der Waals surface area contributed by atoms with Crippen LogP contribution in [-0.2, 0) is 6.18 Å². The zero-order chi connectivity index (χ0) is 14.2. The number of hydrogen-bond acceptors (Lipinski definition) is 1. The van der Waals surface area contributed by atoms with Gasteiger partial charge in [-0.2, -0.15) is 13.2 Å². The summed E-state index contributed by atoms with van der Waals surface area (Å²) in [5.41, 5.74) is 1.90. The number of phenolic OH excluding ortho intramolecular Hbond substituents is 1. The molecule has 0 unspecified atom stereocenters. The van der Waals surface area contributed by atoms with E-state index in [1.807, 2.05) is 0 Å². The Hall–Kier alpha value is -1.97. The van der Waals surface area contributed by atoms with Gasteiger partial charge in [0.05, 0.1) is 5.56 Å². The molecule has 0 spiro atoms. The summed E-state index contributed by atoms with van der Waals surface area (Å²) in [5, 5.41) is 9.58. The summed E-state index contributed by atoms with van der Waals surface area (Å²) < 4.78 is 38.1. The fraction of sp³-hybridized carbons (Fsp3) is 0.200. The Morgan fingerprint density at radius 1 is 0.947 bits per heavy atom. The second kappa shape index (κ2) is 4.61. The molecule has 0 saturated heterocycles. The van der Waals surface area contributed by atoms with E-state index >= 15 is 0 Å². The highest BCUT2D eigenvalue weighted by atomic mass is 19.4. The standard InChI is InChI=1S/C15H13F3O/c1-9-7-14(19)10(2)6-13(9)11-4-3-5-12(8-11)15(16,17)18/h3-8,19H,1-2H3. The van der Waals surface area contributed by atoms with Crippen molar-refractivity contribution < 1.29 is 18.3 Å². The van der Waals surface area contributed by atoms with Crippen LogP contribution in [0.3, 0.4) is 0 Å². The molecule has 0 heterocycles. The number of phenols is 1. The lowest BCUT2D eigenvalue weighted by Gasteiger charge is -2.12. The van der Waals surface area contributed by atoms with E-state index in [2.05, 4.69) is 0 Å². The minimum atomic E-state index is -4.35. The van der Waals surface area contributed by atoms with Crippen LogP contribution in [0.25, 0.3) is 11.1 Å². The normalized spacial score (nSPS) is 11.6. The third kappa shape index (κ3) is 2.72. The Morgan fingerprint density at radius 2 is 1.63 bits per heavy atom. The molecular weight excluding hydrogens is 253 g/mol. The average Bonchev–Trinajstić information content (AvgIpc) is 2.33. The van der Waals surface area contributed by atoms with E-state index in [4.69, 9.17) is 0 Å². The molecule has 0 fully saturated rings. The van der Waals surface area contributed by atoms with Gasteiger partial charge in [-0.25, -0.2) is 0 Å². The Bertz CT molecular complexity index is 615. The van der Waals surface area contributed by atoms with Gasteiger partial charge in [0, 0.05) is 0 Å². The molecule has 0 radical (unpaired) electrons. The lowest BCUT2D eigenvalue weighted by Crippen LogP contribution is -2.04. The zero-order valence-corrected chi connectivity index (χ0v) is 10.5. The first-order valence-electron chi connectivity index (χ1n) is 5.77. The van der Waals surface area contributed by atoms with Gasteiger partial charge in [-0.1, -0.05) is 12.1 Å². The summed E-state index contributed by atoms with van der Waals surface area (Å²) in [6.07, 6.45) is -4.35. The molecule has 2 aromatic rings. The lowest BCUT2D eigenvalue weighted by molar-refractivity contribution is -0.137. The number of aryl methyl sites for hydroxylation is 2. The Labute approximate surface area is 109 Å². The van der Waals surface area contributed by atoms with Crippen molar-refractivity contribution in [3.05, 3.63) is 53.1 Å². The van der Waals surface area contributed by atoms with Crippen LogP contribution in [0.2, 0.25) is 0 Å². The lowest BCUT2D eigenvalue weighted by atomic mass is 9.96. The molecule has 0 atom stereocenters. The number of halogens is 3. The van der Waals surface area contributed by atoms with E-state index in [0.29, 0.717) is 16.7 Å². The molecule has 0 aliphatic carbocycles. The Balaban J connectivity index is 2.57. The summed E-state index contributed by atoms with van der Waals surface area (Å²) in [6, 6.07) is 8.45. The molecule has 4 heteroatoms. The average molecular weight is 266 g/mol. The number of benzene rings is 2. The van der Waals surface area contributed by atoms with E-state index in [-0.39, 0.29) is 5.75 Å². The highest BCUT2D eigenvalue weighted by molar-refractivity contribution is 5.70. The molecule has 0 bridgehead atoms. The van der Waals surface area contributed by atoms with E-state index in [0.717, 1.165) is 17.7 Å². The van der Waals surface area contributed by atoms with Gasteiger partial charge in [0.15, 0.2) is 0 Å². The van der Waals surface area contributed by atoms with Gasteiger partial charge in [0.25, 0.3) is 0 Å². The van der Waals surface area contributed by atoms with Gasteiger partial charge in [0.2, 0.25) is 0 Å². The molecular formula is C15H13F3O. The Kier molecular flexibility index (Phi) is 3.27. The highest BCUT2D eigenvalue weighted by Crippen LogP contribution is 2.34. The maximum absolute atomic E-state index is 12.7. The summed E-state index contributed by atoms with van der Waals surface area (Å²) in [6.45, 7) is 3.47. The molecule has 0 aliphatic heterocycles. The van der Waals surface area contributed by atoms with Crippen LogP contribution >= 0.6 is 0 Å². The van der Waals surface area contributed by atoms with Crippen molar-refractivity contribution in [3.63, 3.8) is 0 Å². The van der Waals surface area contributed by atoms with E-state index in [1.54, 1.807) is 32.0 Å². The predicted molar refractivity (Wildman–Crippen MR) is 68.0 cm³/mol. The van der Waals surface area contributed by atoms with Crippen molar-refractivity contribution in [1.82, 2.24) is 0 Å². The number of aromatic hydroxyl groups is 1. The molecule has 0 aromatic heterocycles. The molecule has 100 valence electrons. The van der Waals surface area contributed by atoms with E-state index in [1.165, 1.54) is 6.07 Å². The van der Waals surface area contributed by atoms with Crippen LogP contribution in [0.5, 0.6) is 5.75 Å². The monoisotopic (exact) mass is 266 g/mol. The molecule has 1 N–H and O–H groups in total. The minimum absolute atomic E-state index is 0.147. The van der Waals surface area contributed by atoms with Crippen LogP contribution in [0.1, 0.15) is 16.7 Å². The van der Waals surface area contributed by atoms with Crippen molar-refractivity contribution in [1.29, 1.82) is 0 Å². The zero-order valence-electron chi connectivity index (χ0n) is 10.5. The van der Waals surface area contributed by atoms with Gasteiger partial charge < -0.3 is 5.11 Å². The summed E-state index contributed by atoms with van der Waals surface area (Å²) >= 11 is 0. The van der Waals surface area contributed by atoms with Crippen molar-refractivity contribution in [3.8, 4) is 16.9 Å². The molecule has 19 heavy (non-hydrogen) atoms. The fourth-order valence-electron chi connectivity index (χ4n) is 1.98. The minimum Gasteiger partial charge on any atom is -0.508 e. The first kappa shape index (κ1) is 13.5. The largest absolute Gasteiger partial charge is 0.508 e. The first-order valence-corrected chi connectivity index (χ1v) is 5.77. The van der Waals surface area contributed by atoms with Crippen molar-refractivity contribution in [2.24, 2.45) is 0 Å². The van der Waals surface area contributed by atoms with Crippen LogP contribution < -0.4 is 0 Å². The Morgan fingerprint density at radius 3 is 2.26 bits per heavy atom. The number of alkyl halides is 3. The first-order chi connectivity index (χ1) is 8.79. The van der Waals surface area contributed by atoms with Crippen LogP contribution in [-0.4, -0.2) is 5.11 Å². The van der Waals surface area contributed by atoms with Gasteiger partial charge in [-0.05, 0) is 60.4 Å². The van der Waals surface area contributed by atoms with E-state index < -0.39 is 11.7 Å². The van der Waals surface area contributed by atoms with Gasteiger partial charge in [-0.15, -0.1) is 0 Å². The molecule has 0 aliphatic rings. The summed E-state index contributed by atoms with van der Waals surface area (Å²) in [7, 11) is 0.